The van der Waals surface area contributed by atoms with Crippen LogP contribution in [0.15, 0.2) is 24.3 Å². The maximum Gasteiger partial charge on any atom is 0.251 e. The van der Waals surface area contributed by atoms with E-state index in [-0.39, 0.29) is 5.91 Å². The smallest absolute Gasteiger partial charge is 0.251 e. The van der Waals surface area contributed by atoms with Crippen molar-refractivity contribution in [2.75, 3.05) is 6.54 Å². The van der Waals surface area contributed by atoms with Crippen LogP contribution < -0.4 is 5.32 Å². The molecule has 0 unspecified atom stereocenters. The zero-order valence-electron chi connectivity index (χ0n) is 12.1. The van der Waals surface area contributed by atoms with E-state index in [4.69, 9.17) is 5.26 Å². The number of nitriles is 1. The van der Waals surface area contributed by atoms with Gasteiger partial charge in [-0.2, -0.15) is 5.26 Å². The maximum atomic E-state index is 12.1. The second kappa shape index (κ2) is 7.09. The van der Waals surface area contributed by atoms with Gasteiger partial charge in [-0.3, -0.25) is 4.79 Å². The molecule has 20 heavy (non-hydrogen) atoms. The van der Waals surface area contributed by atoms with Gasteiger partial charge < -0.3 is 5.32 Å². The van der Waals surface area contributed by atoms with Crippen LogP contribution >= 0.6 is 0 Å². The Bertz CT molecular complexity index is 496. The fraction of sp³-hybridized carbons (Fsp3) is 0.529. The van der Waals surface area contributed by atoms with Gasteiger partial charge in [-0.25, -0.2) is 0 Å². The third-order valence-corrected chi connectivity index (χ3v) is 4.35. The Morgan fingerprint density at radius 2 is 2.00 bits per heavy atom. The number of rotatable bonds is 4. The van der Waals surface area contributed by atoms with E-state index < -0.39 is 0 Å². The minimum Gasteiger partial charge on any atom is -0.352 e. The van der Waals surface area contributed by atoms with E-state index in [0.29, 0.717) is 17.0 Å². The molecule has 1 aliphatic rings. The highest BCUT2D eigenvalue weighted by molar-refractivity contribution is 5.94. The lowest BCUT2D eigenvalue weighted by Crippen LogP contribution is -2.31. The number of hydrogen-bond donors (Lipinski definition) is 1. The molecule has 1 aromatic rings. The number of carbonyl (C=O) groups is 1. The molecule has 106 valence electrons. The van der Waals surface area contributed by atoms with E-state index in [1.807, 2.05) is 0 Å². The van der Waals surface area contributed by atoms with Gasteiger partial charge in [0, 0.05) is 12.1 Å². The summed E-state index contributed by atoms with van der Waals surface area (Å²) in [6.45, 7) is 3.01. The van der Waals surface area contributed by atoms with Crippen molar-refractivity contribution in [1.29, 1.82) is 5.26 Å². The Balaban J connectivity index is 1.82. The van der Waals surface area contributed by atoms with Crippen molar-refractivity contribution in [3.05, 3.63) is 35.4 Å². The molecule has 1 saturated carbocycles. The van der Waals surface area contributed by atoms with Crippen LogP contribution in [0.1, 0.15) is 54.9 Å². The van der Waals surface area contributed by atoms with Crippen molar-refractivity contribution < 1.29 is 4.79 Å². The Morgan fingerprint density at radius 1 is 1.30 bits per heavy atom. The van der Waals surface area contributed by atoms with Crippen molar-refractivity contribution in [1.82, 2.24) is 5.32 Å². The molecule has 0 aromatic heterocycles. The van der Waals surface area contributed by atoms with Crippen LogP contribution in [0.25, 0.3) is 0 Å². The zero-order valence-corrected chi connectivity index (χ0v) is 12.1. The molecular formula is C17H22N2O. The normalized spacial score (nSPS) is 22.0. The molecule has 1 fully saturated rings. The van der Waals surface area contributed by atoms with Crippen LogP contribution in [0.3, 0.4) is 0 Å². The van der Waals surface area contributed by atoms with Crippen molar-refractivity contribution in [2.45, 2.75) is 39.0 Å². The first kappa shape index (κ1) is 14.6. The summed E-state index contributed by atoms with van der Waals surface area (Å²) in [5.74, 6) is 1.43. The van der Waals surface area contributed by atoms with E-state index in [2.05, 4.69) is 18.3 Å². The Hall–Kier alpha value is -1.82. The monoisotopic (exact) mass is 270 g/mol. The van der Waals surface area contributed by atoms with E-state index in [1.54, 1.807) is 24.3 Å². The molecule has 0 saturated heterocycles. The molecule has 0 atom stereocenters. The van der Waals surface area contributed by atoms with Gasteiger partial charge in [-0.05, 0) is 42.9 Å². The number of carbonyl (C=O) groups excluding carboxylic acids is 1. The molecule has 2 rings (SSSR count). The quantitative estimate of drug-likeness (QED) is 0.910. The zero-order chi connectivity index (χ0) is 14.4. The summed E-state index contributed by atoms with van der Waals surface area (Å²) >= 11 is 0. The van der Waals surface area contributed by atoms with Gasteiger partial charge in [0.05, 0.1) is 11.6 Å². The fourth-order valence-corrected chi connectivity index (χ4v) is 2.91. The first-order chi connectivity index (χ1) is 9.72. The lowest BCUT2D eigenvalue weighted by molar-refractivity contribution is 0.0941. The third-order valence-electron chi connectivity index (χ3n) is 4.35. The Morgan fingerprint density at radius 3 is 2.65 bits per heavy atom. The minimum absolute atomic E-state index is 0.0697. The molecule has 0 heterocycles. The van der Waals surface area contributed by atoms with Gasteiger partial charge >= 0.3 is 0 Å². The van der Waals surface area contributed by atoms with Crippen molar-refractivity contribution in [3.8, 4) is 6.07 Å². The summed E-state index contributed by atoms with van der Waals surface area (Å²) in [6.07, 6.45) is 6.30. The molecule has 0 aliphatic heterocycles. The molecule has 1 aromatic carbocycles. The van der Waals surface area contributed by atoms with Gasteiger partial charge in [0.15, 0.2) is 0 Å². The largest absolute Gasteiger partial charge is 0.352 e. The topological polar surface area (TPSA) is 52.9 Å². The van der Waals surface area contributed by atoms with Crippen molar-refractivity contribution in [3.63, 3.8) is 0 Å². The number of benzene rings is 1. The van der Waals surface area contributed by atoms with E-state index >= 15 is 0 Å². The summed E-state index contributed by atoms with van der Waals surface area (Å²) in [7, 11) is 0. The lowest BCUT2D eigenvalue weighted by Gasteiger charge is -2.27. The molecule has 1 aliphatic carbocycles. The van der Waals surface area contributed by atoms with Crippen LogP contribution in [0, 0.1) is 23.2 Å². The van der Waals surface area contributed by atoms with Crippen LogP contribution in [0.4, 0.5) is 0 Å². The van der Waals surface area contributed by atoms with Crippen LogP contribution in [-0.4, -0.2) is 12.5 Å². The first-order valence-electron chi connectivity index (χ1n) is 7.51. The molecular weight excluding hydrogens is 248 g/mol. The van der Waals surface area contributed by atoms with Crippen molar-refractivity contribution >= 4 is 5.91 Å². The minimum atomic E-state index is -0.0697. The SMILES string of the molecule is CCC1CCC(CNC(=O)c2cccc(C#N)c2)CC1. The molecule has 3 heteroatoms. The Labute approximate surface area is 121 Å². The van der Waals surface area contributed by atoms with Gasteiger partial charge in [0.1, 0.15) is 0 Å². The van der Waals surface area contributed by atoms with Crippen LogP contribution in [0.5, 0.6) is 0 Å². The molecule has 1 N–H and O–H groups in total. The molecule has 0 radical (unpaired) electrons. The standard InChI is InChI=1S/C17H22N2O/c1-2-13-6-8-14(9-7-13)12-19-17(20)16-5-3-4-15(10-16)11-18/h3-5,10,13-14H,2,6-9,12H2,1H3,(H,19,20). The second-order valence-electron chi connectivity index (χ2n) is 5.70. The van der Waals surface area contributed by atoms with E-state index in [0.717, 1.165) is 12.5 Å². The van der Waals surface area contributed by atoms with Crippen molar-refractivity contribution in [2.24, 2.45) is 11.8 Å². The summed E-state index contributed by atoms with van der Waals surface area (Å²) in [4.78, 5) is 12.1. The van der Waals surface area contributed by atoms with Gasteiger partial charge in [-0.15, -0.1) is 0 Å². The number of nitrogens with one attached hydrogen (secondary N) is 1. The highest BCUT2D eigenvalue weighted by Crippen LogP contribution is 2.30. The fourth-order valence-electron chi connectivity index (χ4n) is 2.91. The summed E-state index contributed by atoms with van der Waals surface area (Å²) < 4.78 is 0. The first-order valence-corrected chi connectivity index (χ1v) is 7.51. The average molecular weight is 270 g/mol. The number of amides is 1. The summed E-state index contributed by atoms with van der Waals surface area (Å²) in [5, 5.41) is 11.8. The van der Waals surface area contributed by atoms with E-state index in [9.17, 15) is 4.79 Å². The van der Waals surface area contributed by atoms with Gasteiger partial charge in [0.25, 0.3) is 5.91 Å². The van der Waals surface area contributed by atoms with Gasteiger partial charge in [0.2, 0.25) is 0 Å². The molecule has 1 amide bonds. The molecule has 0 bridgehead atoms. The number of hydrogen-bond acceptors (Lipinski definition) is 2. The predicted molar refractivity (Wildman–Crippen MR) is 79.2 cm³/mol. The highest BCUT2D eigenvalue weighted by Gasteiger charge is 2.20. The second-order valence-corrected chi connectivity index (χ2v) is 5.70. The molecule has 3 nitrogen and oxygen atoms in total. The average Bonchev–Trinajstić information content (AvgIpc) is 2.53. The summed E-state index contributed by atoms with van der Waals surface area (Å²) in [6, 6.07) is 8.92. The Kier molecular flexibility index (Phi) is 5.17. The summed E-state index contributed by atoms with van der Waals surface area (Å²) in [5.41, 5.74) is 1.10. The van der Waals surface area contributed by atoms with E-state index in [1.165, 1.54) is 32.1 Å². The van der Waals surface area contributed by atoms with Gasteiger partial charge in [-0.1, -0.05) is 32.3 Å². The number of nitrogens with zero attached hydrogens (tertiary/aromatic N) is 1. The maximum absolute atomic E-state index is 12.1. The van der Waals surface area contributed by atoms with Crippen LogP contribution in [-0.2, 0) is 0 Å². The highest BCUT2D eigenvalue weighted by atomic mass is 16.1. The third kappa shape index (κ3) is 3.84. The molecule has 0 spiro atoms. The predicted octanol–water partition coefficient (Wildman–Crippen LogP) is 3.50. The van der Waals surface area contributed by atoms with Crippen LogP contribution in [0.2, 0.25) is 0 Å². The lowest BCUT2D eigenvalue weighted by atomic mass is 9.81.